The van der Waals surface area contributed by atoms with Crippen molar-refractivity contribution in [3.05, 3.63) is 89.5 Å². The van der Waals surface area contributed by atoms with Gasteiger partial charge in [-0.05, 0) is 84.9 Å². The molecular weight excluding hydrogens is 463 g/mol. The molecule has 1 atom stereocenters. The van der Waals surface area contributed by atoms with E-state index in [-0.39, 0.29) is 18.2 Å². The molecule has 0 spiro atoms. The van der Waals surface area contributed by atoms with E-state index < -0.39 is 11.9 Å². The molecule has 1 aromatic heterocycles. The first-order valence-corrected chi connectivity index (χ1v) is 11.1. The van der Waals surface area contributed by atoms with Gasteiger partial charge in [0, 0.05) is 29.6 Å². The molecule has 1 fully saturated rings. The van der Waals surface area contributed by atoms with E-state index in [2.05, 4.69) is 10.3 Å². The number of carbonyl (C=O) groups excluding carboxylic acids is 2. The number of anilines is 2. The summed E-state index contributed by atoms with van der Waals surface area (Å²) in [4.78, 5) is 33.4. The van der Waals surface area contributed by atoms with Gasteiger partial charge in [0.2, 0.25) is 5.91 Å². The van der Waals surface area contributed by atoms with Gasteiger partial charge in [-0.1, -0.05) is 11.6 Å². The van der Waals surface area contributed by atoms with Crippen LogP contribution in [-0.4, -0.2) is 39.4 Å². The van der Waals surface area contributed by atoms with Crippen LogP contribution >= 0.6 is 23.8 Å². The molecular formula is C24H20ClFN4O2S. The van der Waals surface area contributed by atoms with E-state index in [4.69, 9.17) is 23.8 Å². The molecule has 33 heavy (non-hydrogen) atoms. The van der Waals surface area contributed by atoms with Crippen molar-refractivity contribution in [3.8, 4) is 0 Å². The number of amides is 2. The van der Waals surface area contributed by atoms with Gasteiger partial charge in [0.25, 0.3) is 5.91 Å². The van der Waals surface area contributed by atoms with Crippen LogP contribution < -0.4 is 10.2 Å². The van der Waals surface area contributed by atoms with E-state index in [0.717, 1.165) is 5.56 Å². The highest BCUT2D eigenvalue weighted by Crippen LogP contribution is 2.28. The third-order valence-electron chi connectivity index (χ3n) is 5.30. The molecule has 6 nitrogen and oxygen atoms in total. The zero-order valence-corrected chi connectivity index (χ0v) is 19.0. The molecule has 4 rings (SSSR count). The number of nitrogens with one attached hydrogen (secondary N) is 1. The molecule has 1 aliphatic rings. The summed E-state index contributed by atoms with van der Waals surface area (Å²) in [6.07, 6.45) is 3.93. The Morgan fingerprint density at radius 2 is 1.73 bits per heavy atom. The van der Waals surface area contributed by atoms with Gasteiger partial charge in [-0.3, -0.25) is 19.5 Å². The highest BCUT2D eigenvalue weighted by atomic mass is 35.5. The first kappa shape index (κ1) is 22.8. The van der Waals surface area contributed by atoms with Crippen molar-refractivity contribution in [2.75, 3.05) is 16.8 Å². The molecule has 1 saturated heterocycles. The number of pyridine rings is 1. The van der Waals surface area contributed by atoms with E-state index in [9.17, 15) is 14.0 Å². The van der Waals surface area contributed by atoms with Crippen molar-refractivity contribution in [1.82, 2.24) is 9.88 Å². The van der Waals surface area contributed by atoms with Gasteiger partial charge < -0.3 is 10.2 Å². The molecule has 0 aliphatic carbocycles. The summed E-state index contributed by atoms with van der Waals surface area (Å²) in [5.41, 5.74) is 2.08. The van der Waals surface area contributed by atoms with E-state index in [1.807, 2.05) is 12.1 Å². The zero-order chi connectivity index (χ0) is 23.4. The number of halogens is 2. The Labute approximate surface area is 201 Å². The van der Waals surface area contributed by atoms with Crippen LogP contribution in [-0.2, 0) is 16.0 Å². The monoisotopic (exact) mass is 482 g/mol. The van der Waals surface area contributed by atoms with Crippen molar-refractivity contribution in [3.63, 3.8) is 0 Å². The maximum Gasteiger partial charge on any atom is 0.256 e. The van der Waals surface area contributed by atoms with Crippen LogP contribution in [0.25, 0.3) is 0 Å². The third kappa shape index (κ3) is 5.35. The lowest BCUT2D eigenvalue weighted by Gasteiger charge is -2.24. The highest BCUT2D eigenvalue weighted by molar-refractivity contribution is 7.80. The maximum absolute atomic E-state index is 13.4. The van der Waals surface area contributed by atoms with Crippen LogP contribution in [0.15, 0.2) is 73.1 Å². The predicted octanol–water partition coefficient (Wildman–Crippen LogP) is 4.45. The van der Waals surface area contributed by atoms with Gasteiger partial charge in [-0.2, -0.15) is 0 Å². The van der Waals surface area contributed by atoms with E-state index in [1.54, 1.807) is 41.6 Å². The number of carbonyl (C=O) groups is 2. The summed E-state index contributed by atoms with van der Waals surface area (Å²) in [7, 11) is 0. The number of thiocarbonyl (C=S) groups is 1. The topological polar surface area (TPSA) is 65.5 Å². The molecule has 1 N–H and O–H groups in total. The average molecular weight is 483 g/mol. The summed E-state index contributed by atoms with van der Waals surface area (Å²) in [6.45, 7) is 0.452. The van der Waals surface area contributed by atoms with Gasteiger partial charge in [0.05, 0.1) is 12.1 Å². The quantitative estimate of drug-likeness (QED) is 0.504. The minimum atomic E-state index is -0.768. The Bertz CT molecular complexity index is 1160. The minimum absolute atomic E-state index is 0.100. The van der Waals surface area contributed by atoms with Crippen LogP contribution in [0.5, 0.6) is 0 Å². The Morgan fingerprint density at radius 3 is 2.39 bits per heavy atom. The standard InChI is InChI=1S/C24H20ClFN4O2S/c25-17-1-7-20(8-2-17)30-23(32)21(15-22(31)28-19-5-3-18(26)4-6-19)29(24(30)33)14-11-16-9-12-27-13-10-16/h1-10,12-13,21H,11,14-15H2,(H,28,31)/t21-/m1/s1. The van der Waals surface area contributed by atoms with Crippen molar-refractivity contribution in [2.45, 2.75) is 18.9 Å². The average Bonchev–Trinajstić information content (AvgIpc) is 3.04. The summed E-state index contributed by atoms with van der Waals surface area (Å²) < 4.78 is 13.2. The fourth-order valence-electron chi connectivity index (χ4n) is 3.64. The van der Waals surface area contributed by atoms with Crippen LogP contribution in [0, 0.1) is 5.82 Å². The fraction of sp³-hybridized carbons (Fsp3) is 0.167. The Hall–Kier alpha value is -3.36. The first-order valence-electron chi connectivity index (χ1n) is 10.3. The first-order chi connectivity index (χ1) is 15.9. The number of nitrogens with zero attached hydrogens (tertiary/aromatic N) is 3. The van der Waals surface area contributed by atoms with Gasteiger partial charge >= 0.3 is 0 Å². The van der Waals surface area contributed by atoms with Gasteiger partial charge in [0.1, 0.15) is 11.9 Å². The summed E-state index contributed by atoms with van der Waals surface area (Å²) in [5.74, 6) is -1.05. The van der Waals surface area contributed by atoms with Crippen LogP contribution in [0.2, 0.25) is 5.02 Å². The summed E-state index contributed by atoms with van der Waals surface area (Å²) in [6, 6.07) is 15.3. The molecule has 0 radical (unpaired) electrons. The number of rotatable bonds is 7. The Kier molecular flexibility index (Phi) is 6.96. The zero-order valence-electron chi connectivity index (χ0n) is 17.4. The molecule has 0 unspecified atom stereocenters. The molecule has 2 aromatic carbocycles. The number of hydrogen-bond acceptors (Lipinski definition) is 4. The fourth-order valence-corrected chi connectivity index (χ4v) is 4.17. The molecule has 168 valence electrons. The SMILES string of the molecule is O=C(C[C@@H]1C(=O)N(c2ccc(Cl)cc2)C(=S)N1CCc1ccncc1)Nc1ccc(F)cc1. The van der Waals surface area contributed by atoms with Gasteiger partial charge in [0.15, 0.2) is 5.11 Å². The van der Waals surface area contributed by atoms with E-state index in [0.29, 0.717) is 34.5 Å². The van der Waals surface area contributed by atoms with Crippen LogP contribution in [0.4, 0.5) is 15.8 Å². The molecule has 2 heterocycles. The second-order valence-electron chi connectivity index (χ2n) is 7.51. The lowest BCUT2D eigenvalue weighted by molar-refractivity contribution is -0.124. The predicted molar refractivity (Wildman–Crippen MR) is 130 cm³/mol. The van der Waals surface area contributed by atoms with Gasteiger partial charge in [-0.15, -0.1) is 0 Å². The molecule has 1 aliphatic heterocycles. The second-order valence-corrected chi connectivity index (χ2v) is 8.31. The number of benzene rings is 2. The Balaban J connectivity index is 1.55. The molecule has 3 aromatic rings. The summed E-state index contributed by atoms with van der Waals surface area (Å²) >= 11 is 11.6. The van der Waals surface area contributed by atoms with Crippen LogP contribution in [0.1, 0.15) is 12.0 Å². The van der Waals surface area contributed by atoms with Crippen molar-refractivity contribution in [1.29, 1.82) is 0 Å². The maximum atomic E-state index is 13.4. The van der Waals surface area contributed by atoms with Gasteiger partial charge in [-0.25, -0.2) is 4.39 Å². The normalized spacial score (nSPS) is 15.8. The lowest BCUT2D eigenvalue weighted by Crippen LogP contribution is -2.39. The minimum Gasteiger partial charge on any atom is -0.336 e. The summed E-state index contributed by atoms with van der Waals surface area (Å²) in [5, 5.41) is 3.59. The molecule has 2 amide bonds. The third-order valence-corrected chi connectivity index (χ3v) is 5.97. The molecule has 9 heteroatoms. The number of hydrogen-bond donors (Lipinski definition) is 1. The second kappa shape index (κ2) is 10.1. The van der Waals surface area contributed by atoms with Crippen molar-refractivity contribution in [2.24, 2.45) is 0 Å². The highest BCUT2D eigenvalue weighted by Gasteiger charge is 2.43. The molecule has 0 saturated carbocycles. The van der Waals surface area contributed by atoms with E-state index >= 15 is 0 Å². The Morgan fingerprint density at radius 1 is 1.06 bits per heavy atom. The lowest BCUT2D eigenvalue weighted by atomic mass is 10.1. The van der Waals surface area contributed by atoms with Crippen molar-refractivity contribution >= 4 is 52.1 Å². The number of aromatic nitrogens is 1. The van der Waals surface area contributed by atoms with Crippen molar-refractivity contribution < 1.29 is 14.0 Å². The molecule has 0 bridgehead atoms. The largest absolute Gasteiger partial charge is 0.336 e. The van der Waals surface area contributed by atoms with E-state index in [1.165, 1.54) is 29.2 Å². The smallest absolute Gasteiger partial charge is 0.256 e. The van der Waals surface area contributed by atoms with Crippen LogP contribution in [0.3, 0.4) is 0 Å².